The third kappa shape index (κ3) is 11.4. The standard InChI is InChI=1S/C20H34N4O4/c1-2-3-4-5-6-7-8-9-10-11-18(25)22-14-19(26)24-17(20(27)28)12-16-13-21-15-23-16/h13,15,17H,2-12,14H2,1H3,(H,21,23)(H,22,25)(H,24,26)(H,27,28)/t17-/m0/s1. The monoisotopic (exact) mass is 394 g/mol. The summed E-state index contributed by atoms with van der Waals surface area (Å²) in [4.78, 5) is 41.6. The van der Waals surface area contributed by atoms with Crippen molar-refractivity contribution in [3.63, 3.8) is 0 Å². The Labute approximate surface area is 166 Å². The second kappa shape index (κ2) is 14.6. The Hall–Kier alpha value is -2.38. The van der Waals surface area contributed by atoms with E-state index in [-0.39, 0.29) is 18.9 Å². The highest BCUT2D eigenvalue weighted by Crippen LogP contribution is 2.10. The summed E-state index contributed by atoms with van der Waals surface area (Å²) in [7, 11) is 0. The van der Waals surface area contributed by atoms with E-state index in [1.807, 2.05) is 0 Å². The molecule has 0 unspecified atom stereocenters. The van der Waals surface area contributed by atoms with Gasteiger partial charge in [-0.15, -0.1) is 0 Å². The van der Waals surface area contributed by atoms with Gasteiger partial charge >= 0.3 is 5.97 Å². The normalized spacial score (nSPS) is 11.8. The third-order valence-electron chi connectivity index (χ3n) is 4.57. The Balaban J connectivity index is 2.10. The molecule has 0 spiro atoms. The number of aromatic nitrogens is 2. The van der Waals surface area contributed by atoms with Crippen LogP contribution in [0.5, 0.6) is 0 Å². The Bertz CT molecular complexity index is 575. The van der Waals surface area contributed by atoms with Gasteiger partial charge in [0.05, 0.1) is 12.9 Å². The molecule has 0 aromatic carbocycles. The smallest absolute Gasteiger partial charge is 0.326 e. The number of carboxylic acid groups (broad SMARTS) is 1. The quantitative estimate of drug-likeness (QED) is 0.321. The van der Waals surface area contributed by atoms with Crippen molar-refractivity contribution in [2.75, 3.05) is 6.54 Å². The number of carbonyl (C=O) groups excluding carboxylic acids is 2. The predicted octanol–water partition coefficient (Wildman–Crippen LogP) is 2.56. The van der Waals surface area contributed by atoms with Gasteiger partial charge in [0.15, 0.2) is 0 Å². The van der Waals surface area contributed by atoms with E-state index in [9.17, 15) is 19.5 Å². The molecule has 0 aliphatic rings. The molecule has 1 aromatic rings. The number of aromatic amines is 1. The summed E-state index contributed by atoms with van der Waals surface area (Å²) in [5.41, 5.74) is 0.613. The van der Waals surface area contributed by atoms with E-state index in [1.54, 1.807) is 0 Å². The number of hydrogen-bond donors (Lipinski definition) is 4. The lowest BCUT2D eigenvalue weighted by Crippen LogP contribution is -2.46. The average Bonchev–Trinajstić information content (AvgIpc) is 3.17. The molecule has 1 atom stereocenters. The highest BCUT2D eigenvalue weighted by molar-refractivity contribution is 5.87. The van der Waals surface area contributed by atoms with Crippen LogP contribution in [0.3, 0.4) is 0 Å². The number of rotatable bonds is 16. The zero-order valence-corrected chi connectivity index (χ0v) is 16.8. The number of aliphatic carboxylic acids is 1. The van der Waals surface area contributed by atoms with E-state index in [0.717, 1.165) is 19.3 Å². The molecule has 0 aliphatic carbocycles. The molecular weight excluding hydrogens is 360 g/mol. The number of amides is 2. The van der Waals surface area contributed by atoms with E-state index in [1.165, 1.54) is 51.0 Å². The second-order valence-electron chi connectivity index (χ2n) is 7.09. The van der Waals surface area contributed by atoms with Crippen LogP contribution < -0.4 is 10.6 Å². The fourth-order valence-electron chi connectivity index (χ4n) is 2.93. The van der Waals surface area contributed by atoms with Crippen LogP contribution >= 0.6 is 0 Å². The Kier molecular flexibility index (Phi) is 12.4. The zero-order chi connectivity index (χ0) is 20.6. The maximum atomic E-state index is 11.9. The van der Waals surface area contributed by atoms with Gasteiger partial charge in [-0.1, -0.05) is 58.3 Å². The number of carbonyl (C=O) groups is 3. The molecule has 8 nitrogen and oxygen atoms in total. The predicted molar refractivity (Wildman–Crippen MR) is 107 cm³/mol. The molecule has 1 heterocycles. The molecule has 0 radical (unpaired) electrons. The fraction of sp³-hybridized carbons (Fsp3) is 0.700. The molecule has 2 amide bonds. The molecular formula is C20H34N4O4. The van der Waals surface area contributed by atoms with Crippen molar-refractivity contribution in [3.05, 3.63) is 18.2 Å². The number of hydrogen-bond acceptors (Lipinski definition) is 4. The van der Waals surface area contributed by atoms with Crippen LogP contribution in [0.2, 0.25) is 0 Å². The molecule has 28 heavy (non-hydrogen) atoms. The van der Waals surface area contributed by atoms with Crippen LogP contribution in [0, 0.1) is 0 Å². The van der Waals surface area contributed by atoms with Crippen molar-refractivity contribution in [2.45, 2.75) is 83.6 Å². The first-order valence-corrected chi connectivity index (χ1v) is 10.3. The van der Waals surface area contributed by atoms with Gasteiger partial charge in [0.2, 0.25) is 11.8 Å². The summed E-state index contributed by atoms with van der Waals surface area (Å²) in [5.74, 6) is -1.84. The summed E-state index contributed by atoms with van der Waals surface area (Å²) < 4.78 is 0. The molecule has 8 heteroatoms. The van der Waals surface area contributed by atoms with Crippen molar-refractivity contribution in [1.29, 1.82) is 0 Å². The highest BCUT2D eigenvalue weighted by Gasteiger charge is 2.21. The lowest BCUT2D eigenvalue weighted by Gasteiger charge is -2.14. The summed E-state index contributed by atoms with van der Waals surface area (Å²) >= 11 is 0. The van der Waals surface area contributed by atoms with Gasteiger partial charge in [-0.25, -0.2) is 9.78 Å². The first-order valence-electron chi connectivity index (χ1n) is 10.3. The van der Waals surface area contributed by atoms with Crippen LogP contribution in [-0.2, 0) is 20.8 Å². The average molecular weight is 395 g/mol. The van der Waals surface area contributed by atoms with E-state index in [2.05, 4.69) is 27.5 Å². The molecule has 0 fully saturated rings. The van der Waals surface area contributed by atoms with Crippen LogP contribution in [0.1, 0.15) is 76.8 Å². The van der Waals surface area contributed by atoms with Crippen molar-refractivity contribution < 1.29 is 19.5 Å². The van der Waals surface area contributed by atoms with Crippen molar-refractivity contribution in [1.82, 2.24) is 20.6 Å². The largest absolute Gasteiger partial charge is 0.480 e. The van der Waals surface area contributed by atoms with Crippen LogP contribution in [0.4, 0.5) is 0 Å². The lowest BCUT2D eigenvalue weighted by molar-refractivity contribution is -0.141. The van der Waals surface area contributed by atoms with Crippen molar-refractivity contribution in [3.8, 4) is 0 Å². The minimum absolute atomic E-state index is 0.105. The second-order valence-corrected chi connectivity index (χ2v) is 7.09. The summed E-state index contributed by atoms with van der Waals surface area (Å²) in [6.45, 7) is 1.99. The lowest BCUT2D eigenvalue weighted by atomic mass is 10.1. The Morgan fingerprint density at radius 1 is 1.04 bits per heavy atom. The molecule has 158 valence electrons. The molecule has 0 bridgehead atoms. The first kappa shape index (κ1) is 23.7. The van der Waals surface area contributed by atoms with Crippen LogP contribution in [0.25, 0.3) is 0 Å². The minimum atomic E-state index is -1.14. The number of carboxylic acids is 1. The van der Waals surface area contributed by atoms with Crippen LogP contribution in [0.15, 0.2) is 12.5 Å². The molecule has 0 aliphatic heterocycles. The number of unbranched alkanes of at least 4 members (excludes halogenated alkanes) is 8. The van der Waals surface area contributed by atoms with Gasteiger partial charge in [-0.05, 0) is 6.42 Å². The van der Waals surface area contributed by atoms with Crippen molar-refractivity contribution in [2.24, 2.45) is 0 Å². The summed E-state index contributed by atoms with van der Waals surface area (Å²) in [5, 5.41) is 14.2. The van der Waals surface area contributed by atoms with Gasteiger partial charge < -0.3 is 20.7 Å². The van der Waals surface area contributed by atoms with E-state index < -0.39 is 17.9 Å². The Morgan fingerprint density at radius 2 is 1.68 bits per heavy atom. The van der Waals surface area contributed by atoms with E-state index in [4.69, 9.17) is 0 Å². The van der Waals surface area contributed by atoms with E-state index >= 15 is 0 Å². The topological polar surface area (TPSA) is 124 Å². The van der Waals surface area contributed by atoms with Crippen molar-refractivity contribution >= 4 is 17.8 Å². The molecule has 1 aromatic heterocycles. The molecule has 0 saturated carbocycles. The number of H-pyrrole nitrogens is 1. The fourth-order valence-corrected chi connectivity index (χ4v) is 2.93. The maximum Gasteiger partial charge on any atom is 0.326 e. The molecule has 0 saturated heterocycles. The van der Waals surface area contributed by atoms with Gasteiger partial charge in [0.25, 0.3) is 0 Å². The van der Waals surface area contributed by atoms with Gasteiger partial charge in [0.1, 0.15) is 6.04 Å². The Morgan fingerprint density at radius 3 is 2.25 bits per heavy atom. The summed E-state index contributed by atoms with van der Waals surface area (Å²) in [6.07, 6.45) is 14.0. The van der Waals surface area contributed by atoms with Gasteiger partial charge in [-0.2, -0.15) is 0 Å². The number of nitrogens with one attached hydrogen (secondary N) is 3. The molecule has 4 N–H and O–H groups in total. The highest BCUT2D eigenvalue weighted by atomic mass is 16.4. The van der Waals surface area contributed by atoms with Gasteiger partial charge in [-0.3, -0.25) is 9.59 Å². The first-order chi connectivity index (χ1) is 13.5. The maximum absolute atomic E-state index is 11.9. The van der Waals surface area contributed by atoms with Gasteiger partial charge in [0, 0.05) is 24.7 Å². The third-order valence-corrected chi connectivity index (χ3v) is 4.57. The molecule has 1 rings (SSSR count). The number of imidazole rings is 1. The number of nitrogens with zero attached hydrogens (tertiary/aromatic N) is 1. The SMILES string of the molecule is CCCCCCCCCCCC(=O)NCC(=O)N[C@@H](Cc1cnc[nH]1)C(=O)O. The minimum Gasteiger partial charge on any atom is -0.480 e. The van der Waals surface area contributed by atoms with E-state index in [0.29, 0.717) is 12.1 Å². The zero-order valence-electron chi connectivity index (χ0n) is 16.8. The van der Waals surface area contributed by atoms with Crippen LogP contribution in [-0.4, -0.2) is 45.4 Å². The summed E-state index contributed by atoms with van der Waals surface area (Å²) in [6, 6.07) is -1.07.